The van der Waals surface area contributed by atoms with Gasteiger partial charge in [-0.15, -0.1) is 10.2 Å². The maximum atomic E-state index is 8.49. The molecule has 39 heavy (non-hydrogen) atoms. The third-order valence-corrected chi connectivity index (χ3v) is 6.48. The molecule has 0 unspecified atom stereocenters. The van der Waals surface area contributed by atoms with Crippen molar-refractivity contribution in [3.8, 4) is 0 Å². The molecule has 0 atom stereocenters. The van der Waals surface area contributed by atoms with Crippen molar-refractivity contribution in [2.24, 2.45) is 0 Å². The van der Waals surface area contributed by atoms with Crippen LogP contribution >= 0.6 is 0 Å². The molecule has 0 aliphatic heterocycles. The van der Waals surface area contributed by atoms with E-state index >= 15 is 0 Å². The van der Waals surface area contributed by atoms with E-state index < -0.39 is 10.2 Å². The van der Waals surface area contributed by atoms with Gasteiger partial charge in [-0.05, 0) is 66.8 Å². The van der Waals surface area contributed by atoms with E-state index in [2.05, 4.69) is 141 Å². The van der Waals surface area contributed by atoms with E-state index in [1.165, 1.54) is 45.0 Å². The van der Waals surface area contributed by atoms with E-state index in [0.29, 0.717) is 0 Å². The van der Waals surface area contributed by atoms with E-state index in [1.54, 1.807) is 0 Å². The van der Waals surface area contributed by atoms with Gasteiger partial charge in [-0.25, -0.2) is 18.6 Å². The Morgan fingerprint density at radius 1 is 0.641 bits per heavy atom. The maximum absolute atomic E-state index is 8.49. The van der Waals surface area contributed by atoms with E-state index in [9.17, 15) is 0 Å². The monoisotopic (exact) mass is 549 g/mol. The number of para-hydroxylation sites is 1. The van der Waals surface area contributed by atoms with Gasteiger partial charge in [-0.2, -0.15) is 4.58 Å². The summed E-state index contributed by atoms with van der Waals surface area (Å²) in [6.45, 7) is 0. The number of anilines is 2. The van der Waals surface area contributed by atoms with Gasteiger partial charge in [0.1, 0.15) is 7.05 Å². The number of nitrogens with zero attached hydrogens (tertiary/aromatic N) is 3. The molecule has 3 aromatic rings. The Balaban J connectivity index is 0.000000771. The number of hydrogen-bond donors (Lipinski definition) is 0. The molecule has 4 rings (SSSR count). The van der Waals surface area contributed by atoms with Crippen LogP contribution in [0.4, 0.5) is 17.1 Å². The lowest BCUT2D eigenvalue weighted by Crippen LogP contribution is -2.68. The van der Waals surface area contributed by atoms with Gasteiger partial charge >= 0.3 is 0 Å². The van der Waals surface area contributed by atoms with Gasteiger partial charge in [0, 0.05) is 62.8 Å². The zero-order chi connectivity index (χ0) is 28.6. The molecule has 1 saturated carbocycles. The minimum Gasteiger partial charge on any atom is -0.378 e. The highest BCUT2D eigenvalue weighted by atomic mass is 35.7. The van der Waals surface area contributed by atoms with Gasteiger partial charge in [0.05, 0.1) is 0 Å². The molecule has 0 amide bonds. The molecule has 0 radical (unpaired) electrons. The molecular formula is C31H36ClN3O4. The van der Waals surface area contributed by atoms with Gasteiger partial charge in [0.25, 0.3) is 0 Å². The second-order valence-electron chi connectivity index (χ2n) is 9.79. The Morgan fingerprint density at radius 3 is 1.38 bits per heavy atom. The summed E-state index contributed by atoms with van der Waals surface area (Å²) in [6, 6.07) is 28.3. The largest absolute Gasteiger partial charge is 0.378 e. The van der Waals surface area contributed by atoms with Crippen LogP contribution in [0.5, 0.6) is 0 Å². The summed E-state index contributed by atoms with van der Waals surface area (Å²) in [6.07, 6.45) is 8.07. The zero-order valence-electron chi connectivity index (χ0n) is 23.1. The fourth-order valence-electron chi connectivity index (χ4n) is 4.54. The topological polar surface area (TPSA) is 102 Å². The number of rotatable bonds is 5. The summed E-state index contributed by atoms with van der Waals surface area (Å²) in [5.74, 6) is 0. The first kappa shape index (κ1) is 30.1. The first-order valence-corrected chi connectivity index (χ1v) is 13.9. The van der Waals surface area contributed by atoms with Crippen LogP contribution < -0.4 is 28.4 Å². The molecule has 0 spiro atoms. The van der Waals surface area contributed by atoms with Crippen LogP contribution in [-0.2, 0) is 0 Å². The van der Waals surface area contributed by atoms with Crippen LogP contribution in [-0.4, -0.2) is 45.5 Å². The Morgan fingerprint density at radius 2 is 1.03 bits per heavy atom. The summed E-state index contributed by atoms with van der Waals surface area (Å²) >= 11 is 0. The predicted octanol–water partition coefficient (Wildman–Crippen LogP) is 2.13. The molecule has 0 aromatic heterocycles. The van der Waals surface area contributed by atoms with E-state index in [4.69, 9.17) is 18.6 Å². The number of hydrogen-bond acceptors (Lipinski definition) is 6. The summed E-state index contributed by atoms with van der Waals surface area (Å²) < 4.78 is 36.3. The highest BCUT2D eigenvalue weighted by Gasteiger charge is 2.27. The standard InChI is InChI=1S/C31H36N3.ClHO4/c1-32(2)28-18-14-24(15-19-28)22-26-10-9-11-27(23-25-16-20-29(21-17-25)33(3)4)31(26)34(5)30-12-7-6-8-13-30;2-1(3,4)5/h6-8,12-23H,9-11H2,1-5H3;(H,2,3,4,5)/q+1;/p-1. The lowest BCUT2D eigenvalue weighted by atomic mass is 9.85. The third kappa shape index (κ3) is 9.35. The average molecular weight is 550 g/mol. The molecule has 0 heterocycles. The van der Waals surface area contributed by atoms with E-state index in [0.717, 1.165) is 19.3 Å². The number of allylic oxidation sites excluding steroid dienone is 2. The molecule has 1 fully saturated rings. The average Bonchev–Trinajstić information content (AvgIpc) is 2.89. The minimum atomic E-state index is -4.94. The zero-order valence-corrected chi connectivity index (χ0v) is 23.9. The van der Waals surface area contributed by atoms with Crippen molar-refractivity contribution in [2.45, 2.75) is 19.3 Å². The highest BCUT2D eigenvalue weighted by Crippen LogP contribution is 2.31. The first-order chi connectivity index (χ1) is 18.4. The molecule has 8 heteroatoms. The van der Waals surface area contributed by atoms with Crippen molar-refractivity contribution >= 4 is 34.9 Å². The van der Waals surface area contributed by atoms with Crippen LogP contribution in [0, 0.1) is 10.2 Å². The lowest BCUT2D eigenvalue weighted by molar-refractivity contribution is -2.00. The van der Waals surface area contributed by atoms with Crippen LogP contribution in [0.3, 0.4) is 0 Å². The van der Waals surface area contributed by atoms with Crippen LogP contribution in [0.1, 0.15) is 30.4 Å². The van der Waals surface area contributed by atoms with Crippen LogP contribution in [0.2, 0.25) is 0 Å². The molecule has 1 aliphatic rings. The summed E-state index contributed by atoms with van der Waals surface area (Å²) in [7, 11) is 5.58. The quantitative estimate of drug-likeness (QED) is 0.452. The highest BCUT2D eigenvalue weighted by molar-refractivity contribution is 6.15. The van der Waals surface area contributed by atoms with Crippen molar-refractivity contribution in [1.82, 2.24) is 0 Å². The third-order valence-electron chi connectivity index (χ3n) is 6.48. The molecule has 0 bridgehead atoms. The van der Waals surface area contributed by atoms with Crippen molar-refractivity contribution in [3.63, 3.8) is 0 Å². The normalized spacial score (nSPS) is 15.6. The van der Waals surface area contributed by atoms with Gasteiger partial charge in [0.15, 0.2) is 0 Å². The first-order valence-electron chi connectivity index (χ1n) is 12.7. The molecule has 0 N–H and O–H groups in total. The van der Waals surface area contributed by atoms with E-state index in [-0.39, 0.29) is 0 Å². The molecule has 7 nitrogen and oxygen atoms in total. The molecule has 1 aliphatic carbocycles. The Labute approximate surface area is 233 Å². The lowest BCUT2D eigenvalue weighted by Gasteiger charge is -2.20. The predicted molar refractivity (Wildman–Crippen MR) is 149 cm³/mol. The van der Waals surface area contributed by atoms with Gasteiger partial charge < -0.3 is 9.80 Å². The number of halogens is 1. The second-order valence-corrected chi connectivity index (χ2v) is 10.5. The SMILES string of the molecule is CN(C)c1ccc(/C=C2\CCC/C(=C\c3ccc(N(C)C)cc3)C2=[N+](C)c2ccccc2)cc1.[O-][Cl+3]([O-])([O-])[O-]. The maximum Gasteiger partial charge on any atom is 0.211 e. The number of benzene rings is 3. The van der Waals surface area contributed by atoms with Gasteiger partial charge in [-0.3, -0.25) is 0 Å². The fourth-order valence-corrected chi connectivity index (χ4v) is 4.54. The Kier molecular flexibility index (Phi) is 10.5. The van der Waals surface area contributed by atoms with Gasteiger partial charge in [-0.1, -0.05) is 42.5 Å². The Bertz CT molecular complexity index is 1230. The molecular weight excluding hydrogens is 514 g/mol. The molecule has 3 aromatic carbocycles. The fraction of sp³-hybridized carbons (Fsp3) is 0.258. The molecule has 206 valence electrons. The van der Waals surface area contributed by atoms with Crippen molar-refractivity contribution in [3.05, 3.63) is 101 Å². The summed E-state index contributed by atoms with van der Waals surface area (Å²) in [5, 5.41) is 0. The van der Waals surface area contributed by atoms with Crippen molar-refractivity contribution in [2.75, 3.05) is 45.0 Å². The summed E-state index contributed by atoms with van der Waals surface area (Å²) in [4.78, 5) is 4.28. The second kappa shape index (κ2) is 13.6. The Hall–Kier alpha value is -3.46. The summed E-state index contributed by atoms with van der Waals surface area (Å²) in [5.41, 5.74) is 10.3. The van der Waals surface area contributed by atoms with E-state index in [1.807, 2.05) is 0 Å². The molecule has 0 saturated heterocycles. The van der Waals surface area contributed by atoms with Gasteiger partial charge in [0.2, 0.25) is 11.4 Å². The smallest absolute Gasteiger partial charge is 0.211 e. The van der Waals surface area contributed by atoms with Crippen molar-refractivity contribution in [1.29, 1.82) is 0 Å². The minimum absolute atomic E-state index is 1.08. The van der Waals surface area contributed by atoms with Crippen LogP contribution in [0.15, 0.2) is 90.0 Å². The van der Waals surface area contributed by atoms with Crippen molar-refractivity contribution < 1.29 is 33.5 Å². The van der Waals surface area contributed by atoms with Crippen LogP contribution in [0.25, 0.3) is 12.2 Å².